The van der Waals surface area contributed by atoms with Crippen molar-refractivity contribution in [3.8, 4) is 0 Å². The first-order chi connectivity index (χ1) is 9.45. The molecule has 0 bridgehead atoms. The highest BCUT2D eigenvalue weighted by molar-refractivity contribution is 5.85. The van der Waals surface area contributed by atoms with E-state index in [-0.39, 0.29) is 17.8 Å². The van der Waals surface area contributed by atoms with Crippen LogP contribution >= 0.6 is 12.4 Å². The summed E-state index contributed by atoms with van der Waals surface area (Å²) in [5.41, 5.74) is 9.94. The van der Waals surface area contributed by atoms with Gasteiger partial charge in [-0.3, -0.25) is 4.90 Å². The second kappa shape index (κ2) is 5.95. The molecule has 1 saturated heterocycles. The van der Waals surface area contributed by atoms with E-state index in [1.165, 1.54) is 11.3 Å². The van der Waals surface area contributed by atoms with Gasteiger partial charge in [-0.1, -0.05) is 13.8 Å². The van der Waals surface area contributed by atoms with E-state index in [1.54, 1.807) is 0 Å². The number of hydrogen-bond acceptors (Lipinski definition) is 3. The van der Waals surface area contributed by atoms with Crippen molar-refractivity contribution in [2.45, 2.75) is 39.8 Å². The molecule has 3 heterocycles. The van der Waals surface area contributed by atoms with Crippen molar-refractivity contribution in [3.05, 3.63) is 35.8 Å². The van der Waals surface area contributed by atoms with E-state index in [0.717, 1.165) is 31.7 Å². The fourth-order valence-electron chi connectivity index (χ4n) is 3.10. The fraction of sp³-hybridized carbons (Fsp3) is 0.562. The van der Waals surface area contributed by atoms with Crippen molar-refractivity contribution >= 4 is 18.1 Å². The van der Waals surface area contributed by atoms with Crippen LogP contribution in [0, 0.1) is 12.3 Å². The monoisotopic (exact) mass is 308 g/mol. The molecule has 1 aliphatic rings. The second-order valence-corrected chi connectivity index (χ2v) is 6.78. The Balaban J connectivity index is 0.00000161. The molecule has 21 heavy (non-hydrogen) atoms. The molecule has 0 aliphatic carbocycles. The van der Waals surface area contributed by atoms with Gasteiger partial charge in [0.1, 0.15) is 5.65 Å². The number of hydrogen-bond donors (Lipinski definition) is 1. The standard InChI is InChI=1S/C16H24N4.ClH/c1-12-4-7-20-13(9-18-15(20)8-12)10-19-6-5-14(17)16(2,3)11-19;/h4,7-9,14H,5-6,10-11,17H2,1-3H3;1H. The Labute approximate surface area is 132 Å². The fourth-order valence-corrected chi connectivity index (χ4v) is 3.10. The number of halogens is 1. The van der Waals surface area contributed by atoms with Gasteiger partial charge in [0.15, 0.2) is 0 Å². The van der Waals surface area contributed by atoms with Crippen molar-refractivity contribution in [2.24, 2.45) is 11.1 Å². The number of nitrogens with two attached hydrogens (primary N) is 1. The van der Waals surface area contributed by atoms with E-state index in [2.05, 4.69) is 53.4 Å². The number of rotatable bonds is 2. The van der Waals surface area contributed by atoms with Gasteiger partial charge in [-0.25, -0.2) is 4.98 Å². The van der Waals surface area contributed by atoms with Crippen LogP contribution in [-0.2, 0) is 6.54 Å². The number of likely N-dealkylation sites (tertiary alicyclic amines) is 1. The largest absolute Gasteiger partial charge is 0.327 e. The van der Waals surface area contributed by atoms with Gasteiger partial charge in [0.25, 0.3) is 0 Å². The Morgan fingerprint density at radius 3 is 2.90 bits per heavy atom. The summed E-state index contributed by atoms with van der Waals surface area (Å²) in [5, 5.41) is 0. The van der Waals surface area contributed by atoms with Gasteiger partial charge in [0, 0.05) is 31.9 Å². The summed E-state index contributed by atoms with van der Waals surface area (Å²) in [4.78, 5) is 7.00. The van der Waals surface area contributed by atoms with E-state index >= 15 is 0 Å². The number of aromatic nitrogens is 2. The highest BCUT2D eigenvalue weighted by atomic mass is 35.5. The lowest BCUT2D eigenvalue weighted by Crippen LogP contribution is -2.52. The van der Waals surface area contributed by atoms with Gasteiger partial charge in [-0.15, -0.1) is 12.4 Å². The molecule has 0 amide bonds. The number of pyridine rings is 1. The van der Waals surface area contributed by atoms with Crippen LogP contribution in [0.5, 0.6) is 0 Å². The van der Waals surface area contributed by atoms with E-state index in [9.17, 15) is 0 Å². The summed E-state index contributed by atoms with van der Waals surface area (Å²) in [6.07, 6.45) is 5.19. The average Bonchev–Trinajstić information content (AvgIpc) is 2.76. The van der Waals surface area contributed by atoms with E-state index < -0.39 is 0 Å². The molecule has 4 nitrogen and oxygen atoms in total. The molecular weight excluding hydrogens is 284 g/mol. The molecule has 1 fully saturated rings. The van der Waals surface area contributed by atoms with Crippen molar-refractivity contribution < 1.29 is 0 Å². The van der Waals surface area contributed by atoms with Crippen LogP contribution in [0.1, 0.15) is 31.5 Å². The summed E-state index contributed by atoms with van der Waals surface area (Å²) in [7, 11) is 0. The lowest BCUT2D eigenvalue weighted by Gasteiger charge is -2.42. The van der Waals surface area contributed by atoms with Crippen LogP contribution < -0.4 is 5.73 Å². The minimum absolute atomic E-state index is 0. The van der Waals surface area contributed by atoms with Crippen LogP contribution in [0.25, 0.3) is 5.65 Å². The first-order valence-corrected chi connectivity index (χ1v) is 7.36. The molecule has 0 saturated carbocycles. The Morgan fingerprint density at radius 2 is 2.19 bits per heavy atom. The van der Waals surface area contributed by atoms with Gasteiger partial charge in [-0.05, 0) is 36.5 Å². The number of imidazole rings is 1. The smallest absolute Gasteiger partial charge is 0.137 e. The van der Waals surface area contributed by atoms with Crippen molar-refractivity contribution in [3.63, 3.8) is 0 Å². The SMILES string of the molecule is Cc1ccn2c(CN3CCC(N)C(C)(C)C3)cnc2c1.Cl. The van der Waals surface area contributed by atoms with Crippen molar-refractivity contribution in [1.29, 1.82) is 0 Å². The summed E-state index contributed by atoms with van der Waals surface area (Å²) in [6, 6.07) is 4.57. The molecule has 1 unspecified atom stereocenters. The molecule has 5 heteroatoms. The van der Waals surface area contributed by atoms with Crippen LogP contribution in [0.3, 0.4) is 0 Å². The van der Waals surface area contributed by atoms with Gasteiger partial charge in [0.05, 0.1) is 11.9 Å². The highest BCUT2D eigenvalue weighted by Gasteiger charge is 2.33. The second-order valence-electron chi connectivity index (χ2n) is 6.78. The topological polar surface area (TPSA) is 46.6 Å². The number of piperidine rings is 1. The molecule has 1 atom stereocenters. The Hall–Kier alpha value is -1.10. The summed E-state index contributed by atoms with van der Waals surface area (Å²) in [6.45, 7) is 9.70. The Bertz CT molecular complexity index is 620. The molecule has 2 aromatic heterocycles. The predicted molar refractivity (Wildman–Crippen MR) is 88.8 cm³/mol. The number of nitrogens with zero attached hydrogens (tertiary/aromatic N) is 3. The van der Waals surface area contributed by atoms with Crippen LogP contribution in [-0.4, -0.2) is 33.4 Å². The minimum atomic E-state index is 0. The zero-order valence-corrected chi connectivity index (χ0v) is 13.9. The van der Waals surface area contributed by atoms with Crippen LogP contribution in [0.2, 0.25) is 0 Å². The van der Waals surface area contributed by atoms with Gasteiger partial charge >= 0.3 is 0 Å². The van der Waals surface area contributed by atoms with E-state index in [0.29, 0.717) is 6.04 Å². The maximum atomic E-state index is 6.21. The molecule has 116 valence electrons. The average molecular weight is 309 g/mol. The molecule has 2 aromatic rings. The molecule has 1 aliphatic heterocycles. The van der Waals surface area contributed by atoms with Crippen LogP contribution in [0.15, 0.2) is 24.5 Å². The lowest BCUT2D eigenvalue weighted by atomic mass is 9.80. The molecule has 0 aromatic carbocycles. The van der Waals surface area contributed by atoms with Crippen LogP contribution in [0.4, 0.5) is 0 Å². The number of fused-ring (bicyclic) bond motifs is 1. The minimum Gasteiger partial charge on any atom is -0.327 e. The Morgan fingerprint density at radius 1 is 1.43 bits per heavy atom. The van der Waals surface area contributed by atoms with Gasteiger partial charge in [0.2, 0.25) is 0 Å². The van der Waals surface area contributed by atoms with Crippen molar-refractivity contribution in [1.82, 2.24) is 14.3 Å². The van der Waals surface area contributed by atoms with Gasteiger partial charge < -0.3 is 10.1 Å². The first kappa shape index (κ1) is 16.3. The van der Waals surface area contributed by atoms with Crippen molar-refractivity contribution in [2.75, 3.05) is 13.1 Å². The maximum absolute atomic E-state index is 6.21. The third kappa shape index (κ3) is 3.23. The zero-order valence-electron chi connectivity index (χ0n) is 13.0. The molecule has 0 radical (unpaired) electrons. The normalized spacial score (nSPS) is 22.2. The quantitative estimate of drug-likeness (QED) is 0.927. The summed E-state index contributed by atoms with van der Waals surface area (Å²) < 4.78 is 2.19. The maximum Gasteiger partial charge on any atom is 0.137 e. The molecule has 2 N–H and O–H groups in total. The van der Waals surface area contributed by atoms with E-state index in [1.807, 2.05) is 6.20 Å². The zero-order chi connectivity index (χ0) is 14.3. The van der Waals surface area contributed by atoms with E-state index in [4.69, 9.17) is 5.73 Å². The summed E-state index contributed by atoms with van der Waals surface area (Å²) in [5.74, 6) is 0. The first-order valence-electron chi connectivity index (χ1n) is 7.36. The Kier molecular flexibility index (Phi) is 4.61. The third-order valence-corrected chi connectivity index (χ3v) is 4.52. The highest BCUT2D eigenvalue weighted by Crippen LogP contribution is 2.28. The molecular formula is C16H25ClN4. The molecule has 0 spiro atoms. The lowest BCUT2D eigenvalue weighted by molar-refractivity contribution is 0.0887. The third-order valence-electron chi connectivity index (χ3n) is 4.52. The predicted octanol–water partition coefficient (Wildman–Crippen LogP) is 2.62. The number of aryl methyl sites for hydroxylation is 1. The van der Waals surface area contributed by atoms with Gasteiger partial charge in [-0.2, -0.15) is 0 Å². The summed E-state index contributed by atoms with van der Waals surface area (Å²) >= 11 is 0. The molecule has 3 rings (SSSR count).